The highest BCUT2D eigenvalue weighted by molar-refractivity contribution is 7.88. The molecule has 2 N–H and O–H groups in total. The number of nitrogens with zero attached hydrogens (tertiary/aromatic N) is 1. The molecule has 1 heterocycles. The van der Waals surface area contributed by atoms with Crippen molar-refractivity contribution in [1.82, 2.24) is 9.29 Å². The number of aromatic nitrogens is 1. The summed E-state index contributed by atoms with van der Waals surface area (Å²) in [6.07, 6.45) is 1.03. The lowest BCUT2D eigenvalue weighted by Gasteiger charge is -2.27. The van der Waals surface area contributed by atoms with Crippen LogP contribution in [0.5, 0.6) is 0 Å². The quantitative estimate of drug-likeness (QED) is 0.822. The standard InChI is InChI=1S/C13H20N2O5S/c1-8-6-10(16)15(9(2)11(8)12(17)18)7-13(3,4)14-21(5,19)20/h6,14H,7H2,1-5H3,(H,17,18). The van der Waals surface area contributed by atoms with Gasteiger partial charge in [0.1, 0.15) is 0 Å². The molecule has 0 aliphatic rings. The highest BCUT2D eigenvalue weighted by atomic mass is 32.2. The molecule has 1 aromatic rings. The van der Waals surface area contributed by atoms with Crippen LogP contribution in [0.3, 0.4) is 0 Å². The Bertz CT molecular complexity index is 732. The molecule has 1 rings (SSSR count). The lowest BCUT2D eigenvalue weighted by molar-refractivity contribution is 0.0693. The van der Waals surface area contributed by atoms with E-state index in [-0.39, 0.29) is 17.7 Å². The van der Waals surface area contributed by atoms with Crippen molar-refractivity contribution in [3.8, 4) is 0 Å². The fourth-order valence-electron chi connectivity index (χ4n) is 2.37. The number of hydrogen-bond acceptors (Lipinski definition) is 4. The maximum absolute atomic E-state index is 12.1. The molecule has 1 aromatic heterocycles. The van der Waals surface area contributed by atoms with Gasteiger partial charge in [-0.2, -0.15) is 0 Å². The first-order chi connectivity index (χ1) is 9.34. The molecule has 7 nitrogen and oxygen atoms in total. The van der Waals surface area contributed by atoms with E-state index in [4.69, 9.17) is 0 Å². The fraction of sp³-hybridized carbons (Fsp3) is 0.538. The molecule has 0 spiro atoms. The second kappa shape index (κ2) is 5.61. The fourth-order valence-corrected chi connectivity index (χ4v) is 3.44. The predicted octanol–water partition coefficient (Wildman–Crippen LogP) is 0.491. The van der Waals surface area contributed by atoms with Gasteiger partial charge in [0.05, 0.1) is 11.8 Å². The summed E-state index contributed by atoms with van der Waals surface area (Å²) < 4.78 is 26.4. The van der Waals surface area contributed by atoms with Crippen LogP contribution >= 0.6 is 0 Å². The van der Waals surface area contributed by atoms with E-state index < -0.39 is 21.5 Å². The molecule has 0 aliphatic carbocycles. The van der Waals surface area contributed by atoms with Gasteiger partial charge in [-0.1, -0.05) is 0 Å². The third-order valence-corrected chi connectivity index (χ3v) is 3.92. The summed E-state index contributed by atoms with van der Waals surface area (Å²) in [6, 6.07) is 1.24. The second-order valence-electron chi connectivity index (χ2n) is 5.78. The predicted molar refractivity (Wildman–Crippen MR) is 79.2 cm³/mol. The van der Waals surface area contributed by atoms with E-state index in [1.807, 2.05) is 0 Å². The van der Waals surface area contributed by atoms with Crippen LogP contribution in [-0.4, -0.2) is 35.9 Å². The molecule has 0 aliphatic heterocycles. The number of carboxylic acids is 1. The third kappa shape index (κ3) is 4.40. The van der Waals surface area contributed by atoms with Crippen molar-refractivity contribution >= 4 is 16.0 Å². The zero-order valence-electron chi connectivity index (χ0n) is 12.7. The number of hydrogen-bond donors (Lipinski definition) is 2. The lowest BCUT2D eigenvalue weighted by atomic mass is 10.0. The monoisotopic (exact) mass is 316 g/mol. The number of sulfonamides is 1. The molecule has 0 amide bonds. The average molecular weight is 316 g/mol. The zero-order valence-corrected chi connectivity index (χ0v) is 13.5. The summed E-state index contributed by atoms with van der Waals surface area (Å²) in [5.41, 5.74) is -0.540. The van der Waals surface area contributed by atoms with Crippen LogP contribution in [0.15, 0.2) is 10.9 Å². The van der Waals surface area contributed by atoms with Gasteiger partial charge in [0.15, 0.2) is 0 Å². The molecule has 0 unspecified atom stereocenters. The van der Waals surface area contributed by atoms with Crippen LogP contribution in [0.1, 0.15) is 35.5 Å². The largest absolute Gasteiger partial charge is 0.478 e. The number of rotatable bonds is 5. The van der Waals surface area contributed by atoms with Gasteiger partial charge in [-0.3, -0.25) is 4.79 Å². The van der Waals surface area contributed by atoms with Gasteiger partial charge in [0.2, 0.25) is 10.0 Å². The van der Waals surface area contributed by atoms with E-state index >= 15 is 0 Å². The normalized spacial score (nSPS) is 12.4. The van der Waals surface area contributed by atoms with E-state index in [1.165, 1.54) is 17.6 Å². The summed E-state index contributed by atoms with van der Waals surface area (Å²) in [5, 5.41) is 9.22. The van der Waals surface area contributed by atoms with Gasteiger partial charge in [-0.15, -0.1) is 0 Å². The Morgan fingerprint density at radius 2 is 1.90 bits per heavy atom. The maximum atomic E-state index is 12.1. The number of nitrogens with one attached hydrogen (secondary N) is 1. The molecule has 8 heteroatoms. The molecular formula is C13H20N2O5S. The highest BCUT2D eigenvalue weighted by Gasteiger charge is 2.25. The van der Waals surface area contributed by atoms with E-state index in [0.29, 0.717) is 11.3 Å². The van der Waals surface area contributed by atoms with E-state index in [9.17, 15) is 23.1 Å². The smallest absolute Gasteiger partial charge is 0.337 e. The number of carboxylic acid groups (broad SMARTS) is 1. The lowest BCUT2D eigenvalue weighted by Crippen LogP contribution is -2.48. The van der Waals surface area contributed by atoms with Crippen LogP contribution < -0.4 is 10.3 Å². The summed E-state index contributed by atoms with van der Waals surface area (Å²) in [7, 11) is -3.44. The van der Waals surface area contributed by atoms with Crippen molar-refractivity contribution in [2.45, 2.75) is 39.8 Å². The summed E-state index contributed by atoms with van der Waals surface area (Å²) in [6.45, 7) is 6.38. The molecule has 0 saturated heterocycles. The average Bonchev–Trinajstić information content (AvgIpc) is 2.19. The van der Waals surface area contributed by atoms with E-state index in [2.05, 4.69) is 4.72 Å². The highest BCUT2D eigenvalue weighted by Crippen LogP contribution is 2.14. The second-order valence-corrected chi connectivity index (χ2v) is 7.52. The molecule has 0 fully saturated rings. The van der Waals surface area contributed by atoms with Gasteiger partial charge in [-0.05, 0) is 33.3 Å². The summed E-state index contributed by atoms with van der Waals surface area (Å²) in [5.74, 6) is -1.12. The summed E-state index contributed by atoms with van der Waals surface area (Å²) >= 11 is 0. The van der Waals surface area contributed by atoms with Crippen LogP contribution in [0, 0.1) is 13.8 Å². The maximum Gasteiger partial charge on any atom is 0.337 e. The molecule has 0 bridgehead atoms. The van der Waals surface area contributed by atoms with Crippen molar-refractivity contribution in [2.75, 3.05) is 6.26 Å². The first-order valence-corrected chi connectivity index (χ1v) is 8.16. The minimum atomic E-state index is -3.44. The number of carbonyl (C=O) groups is 1. The van der Waals surface area contributed by atoms with Gasteiger partial charge < -0.3 is 9.67 Å². The Labute approximate surface area is 123 Å². The Kier molecular flexibility index (Phi) is 4.64. The van der Waals surface area contributed by atoms with Crippen molar-refractivity contribution < 1.29 is 18.3 Å². The number of pyridine rings is 1. The van der Waals surface area contributed by atoms with Crippen molar-refractivity contribution in [3.63, 3.8) is 0 Å². The Morgan fingerprint density at radius 1 is 1.38 bits per heavy atom. The van der Waals surface area contributed by atoms with E-state index in [1.54, 1.807) is 20.8 Å². The van der Waals surface area contributed by atoms with Gasteiger partial charge in [0, 0.05) is 23.8 Å². The molecule has 0 aromatic carbocycles. The minimum Gasteiger partial charge on any atom is -0.478 e. The van der Waals surface area contributed by atoms with E-state index in [0.717, 1.165) is 6.26 Å². The molecule has 118 valence electrons. The van der Waals surface area contributed by atoms with Crippen molar-refractivity contribution in [1.29, 1.82) is 0 Å². The Balaban J connectivity index is 3.36. The SMILES string of the molecule is Cc1cc(=O)n(CC(C)(C)NS(C)(=O)=O)c(C)c1C(=O)O. The van der Waals surface area contributed by atoms with Gasteiger partial charge in [0.25, 0.3) is 5.56 Å². The van der Waals surface area contributed by atoms with Gasteiger partial charge >= 0.3 is 5.97 Å². The van der Waals surface area contributed by atoms with Crippen molar-refractivity contribution in [3.05, 3.63) is 33.2 Å². The van der Waals surface area contributed by atoms with Crippen molar-refractivity contribution in [2.24, 2.45) is 0 Å². The number of aromatic carboxylic acids is 1. The summed E-state index contributed by atoms with van der Waals surface area (Å²) in [4.78, 5) is 23.3. The van der Waals surface area contributed by atoms with Crippen LogP contribution in [0.25, 0.3) is 0 Å². The molecule has 21 heavy (non-hydrogen) atoms. The topological polar surface area (TPSA) is 105 Å². The first-order valence-electron chi connectivity index (χ1n) is 6.27. The Hall–Kier alpha value is -1.67. The van der Waals surface area contributed by atoms with Crippen LogP contribution in [-0.2, 0) is 16.6 Å². The first kappa shape index (κ1) is 17.4. The third-order valence-electron chi connectivity index (χ3n) is 3.00. The van der Waals surface area contributed by atoms with Crippen LogP contribution in [0.4, 0.5) is 0 Å². The van der Waals surface area contributed by atoms with Crippen LogP contribution in [0.2, 0.25) is 0 Å². The molecular weight excluding hydrogens is 296 g/mol. The Morgan fingerprint density at radius 3 is 2.33 bits per heavy atom. The molecule has 0 atom stereocenters. The van der Waals surface area contributed by atoms with Gasteiger partial charge in [-0.25, -0.2) is 17.9 Å². The zero-order chi connectivity index (χ0) is 16.6. The molecule has 0 saturated carbocycles. The minimum absolute atomic E-state index is 0.0330. The molecule has 0 radical (unpaired) electrons. The number of aryl methyl sites for hydroxylation is 1.